The molecule has 17 nitrogen and oxygen atoms in total. The number of rotatable bonds is 22. The Bertz CT molecular complexity index is 2910. The molecule has 0 heterocycles. The number of benzene rings is 4. The van der Waals surface area contributed by atoms with Crippen molar-refractivity contribution in [2.75, 3.05) is 32.1 Å². The Kier molecular flexibility index (Phi) is 19.9. The van der Waals surface area contributed by atoms with Gasteiger partial charge in [-0.1, -0.05) is 63.8 Å². The molecule has 0 radical (unpaired) electrons. The van der Waals surface area contributed by atoms with Gasteiger partial charge < -0.3 is 40.2 Å². The lowest BCUT2D eigenvalue weighted by Crippen LogP contribution is -2.50. The molecular weight excluding hydrogens is 973 g/mol. The van der Waals surface area contributed by atoms with Crippen LogP contribution < -0.4 is 21.3 Å². The Balaban J connectivity index is 1.34. The van der Waals surface area contributed by atoms with Gasteiger partial charge in [0.05, 0.1) is 35.5 Å². The number of carbonyl (C=O) groups excluding carboxylic acids is 9. The Morgan fingerprint density at radius 3 is 1.55 bits per heavy atom. The van der Waals surface area contributed by atoms with Gasteiger partial charge in [0.15, 0.2) is 5.78 Å². The van der Waals surface area contributed by atoms with Crippen molar-refractivity contribution in [2.24, 2.45) is 10.8 Å². The van der Waals surface area contributed by atoms with E-state index in [4.69, 9.17) is 18.9 Å². The average Bonchev–Trinajstić information content (AvgIpc) is 3.36. The van der Waals surface area contributed by atoms with Gasteiger partial charge in [0.25, 0.3) is 23.6 Å². The van der Waals surface area contributed by atoms with Gasteiger partial charge in [-0.05, 0) is 125 Å². The van der Waals surface area contributed by atoms with E-state index >= 15 is 0 Å². The first-order valence-corrected chi connectivity index (χ1v) is 25.0. The lowest BCUT2D eigenvalue weighted by Gasteiger charge is -2.47. The number of nitrogens with one attached hydrogen (secondary N) is 4. The van der Waals surface area contributed by atoms with E-state index in [9.17, 15) is 43.2 Å². The van der Waals surface area contributed by atoms with E-state index in [0.717, 1.165) is 18.4 Å². The number of amides is 4. The second-order valence-electron chi connectivity index (χ2n) is 20.6. The molecule has 0 bridgehead atoms. The Hall–Kier alpha value is -8.21. The smallest absolute Gasteiger partial charge is 0.338 e. The van der Waals surface area contributed by atoms with Gasteiger partial charge in [-0.3, -0.25) is 24.0 Å². The van der Waals surface area contributed by atoms with Crippen LogP contribution in [0.1, 0.15) is 164 Å². The standard InChI is InChI=1S/C59H68N4O13/c1-34(2)54(69)75-37(6)24-26-73-56(71)45-22-18-41(28-47(45)52(67)60-11)49(64)42-19-23-46(57(72)74-27-25-38(7)76-55(70)35(3)4)48(29-42)53(68)62-43-20-16-40(17-21-43)51(66)63-44-30-58(8,9)32-59(10,31-44)33-61-50(65)39-14-12-36(5)13-15-39/h12-23,28-29,37-38,44H,1,3,24-27,30-33H2,2,4-11H3,(H,60,67)(H,61,65)(H,62,68)(H,63,66). The minimum Gasteiger partial charge on any atom is -0.462 e. The maximum atomic E-state index is 14.2. The molecule has 4 aromatic rings. The quantitative estimate of drug-likeness (QED) is 0.0250. The molecule has 4 N–H and O–H groups in total. The highest BCUT2D eigenvalue weighted by molar-refractivity contribution is 6.16. The third-order valence-corrected chi connectivity index (χ3v) is 12.7. The molecule has 4 unspecified atom stereocenters. The van der Waals surface area contributed by atoms with Crippen LogP contribution in [0.25, 0.3) is 0 Å². The van der Waals surface area contributed by atoms with E-state index in [0.29, 0.717) is 24.1 Å². The molecule has 0 aliphatic heterocycles. The Morgan fingerprint density at radius 1 is 0.605 bits per heavy atom. The van der Waals surface area contributed by atoms with Crippen molar-refractivity contribution in [3.63, 3.8) is 0 Å². The molecule has 1 aliphatic carbocycles. The number of esters is 4. The lowest BCUT2D eigenvalue weighted by molar-refractivity contribution is -0.144. The van der Waals surface area contributed by atoms with Gasteiger partial charge in [-0.2, -0.15) is 0 Å². The number of hydrogen-bond donors (Lipinski definition) is 4. The zero-order valence-corrected chi connectivity index (χ0v) is 44.7. The summed E-state index contributed by atoms with van der Waals surface area (Å²) in [5.41, 5.74) is 1.26. The zero-order valence-electron chi connectivity index (χ0n) is 44.7. The van der Waals surface area contributed by atoms with Crippen LogP contribution in [0.2, 0.25) is 0 Å². The van der Waals surface area contributed by atoms with Crippen molar-refractivity contribution in [3.8, 4) is 0 Å². The van der Waals surface area contributed by atoms with Crippen LogP contribution >= 0.6 is 0 Å². The van der Waals surface area contributed by atoms with E-state index in [1.165, 1.54) is 69.4 Å². The van der Waals surface area contributed by atoms with Gasteiger partial charge >= 0.3 is 23.9 Å². The number of carbonyl (C=O) groups is 9. The monoisotopic (exact) mass is 1040 g/mol. The molecule has 0 aromatic heterocycles. The van der Waals surface area contributed by atoms with Crippen LogP contribution in [0.4, 0.5) is 5.69 Å². The summed E-state index contributed by atoms with van der Waals surface area (Å²) in [6.45, 7) is 21.8. The average molecular weight is 1040 g/mol. The third-order valence-electron chi connectivity index (χ3n) is 12.7. The highest BCUT2D eigenvalue weighted by Gasteiger charge is 2.42. The fourth-order valence-corrected chi connectivity index (χ4v) is 9.02. The Morgan fingerprint density at radius 2 is 1.07 bits per heavy atom. The fourth-order valence-electron chi connectivity index (χ4n) is 9.02. The molecule has 0 spiro atoms. The molecule has 4 amide bonds. The van der Waals surface area contributed by atoms with E-state index in [2.05, 4.69) is 55.2 Å². The van der Waals surface area contributed by atoms with Crippen LogP contribution in [0.3, 0.4) is 0 Å². The molecule has 4 aromatic carbocycles. The predicted molar refractivity (Wildman–Crippen MR) is 285 cm³/mol. The van der Waals surface area contributed by atoms with E-state index in [1.54, 1.807) is 38.1 Å². The molecule has 1 saturated carbocycles. The first-order valence-electron chi connectivity index (χ1n) is 25.0. The second kappa shape index (κ2) is 25.8. The summed E-state index contributed by atoms with van der Waals surface area (Å²) < 4.78 is 21.4. The van der Waals surface area contributed by atoms with Crippen LogP contribution in [-0.2, 0) is 28.5 Å². The lowest BCUT2D eigenvalue weighted by atomic mass is 9.62. The van der Waals surface area contributed by atoms with E-state index in [1.807, 2.05) is 19.1 Å². The molecule has 76 heavy (non-hydrogen) atoms. The van der Waals surface area contributed by atoms with Crippen molar-refractivity contribution >= 4 is 59.0 Å². The number of ketones is 1. The molecule has 0 saturated heterocycles. The fraction of sp³-hybridized carbons (Fsp3) is 0.373. The summed E-state index contributed by atoms with van der Waals surface area (Å²) in [7, 11) is 1.34. The van der Waals surface area contributed by atoms with E-state index in [-0.39, 0.29) is 105 Å². The van der Waals surface area contributed by atoms with Crippen molar-refractivity contribution in [2.45, 2.75) is 106 Å². The summed E-state index contributed by atoms with van der Waals surface area (Å²) in [6, 6.07) is 20.8. The van der Waals surface area contributed by atoms with Crippen LogP contribution in [0, 0.1) is 17.8 Å². The molecule has 1 aliphatic rings. The SMILES string of the molecule is C=C(C)C(=O)OC(C)CCOC(=O)c1ccc(C(=O)c2ccc(C(=O)OCCC(C)OC(=O)C(=C)C)c(C(=O)Nc3ccc(C(=O)NC4CC(C)(C)CC(C)(CNC(=O)c5ccc(C)cc5)C4)cc3)c2)cc1C(=O)NC. The van der Waals surface area contributed by atoms with Gasteiger partial charge in [-0.25, -0.2) is 19.2 Å². The van der Waals surface area contributed by atoms with Crippen molar-refractivity contribution in [1.29, 1.82) is 0 Å². The minimum atomic E-state index is -0.918. The molecule has 4 atom stereocenters. The maximum Gasteiger partial charge on any atom is 0.338 e. The van der Waals surface area contributed by atoms with Crippen LogP contribution in [-0.4, -0.2) is 98.3 Å². The molecule has 17 heteroatoms. The molecule has 5 rings (SSSR count). The van der Waals surface area contributed by atoms with Crippen LogP contribution in [0.5, 0.6) is 0 Å². The normalized spacial score (nSPS) is 16.3. The number of hydrogen-bond acceptors (Lipinski definition) is 13. The van der Waals surface area contributed by atoms with Gasteiger partial charge in [0.2, 0.25) is 0 Å². The highest BCUT2D eigenvalue weighted by atomic mass is 16.6. The number of anilines is 1. The van der Waals surface area contributed by atoms with Crippen LogP contribution in [0.15, 0.2) is 109 Å². The topological polar surface area (TPSA) is 239 Å². The van der Waals surface area contributed by atoms with Crippen molar-refractivity contribution in [1.82, 2.24) is 16.0 Å². The first-order chi connectivity index (χ1) is 35.8. The summed E-state index contributed by atoms with van der Waals surface area (Å²) in [6.07, 6.45) is 1.22. The predicted octanol–water partition coefficient (Wildman–Crippen LogP) is 8.69. The number of ether oxygens (including phenoxy) is 4. The molecular formula is C59H68N4O13. The van der Waals surface area contributed by atoms with Gasteiger partial charge in [0.1, 0.15) is 12.2 Å². The summed E-state index contributed by atoms with van der Waals surface area (Å²) >= 11 is 0. The highest BCUT2D eigenvalue weighted by Crippen LogP contribution is 2.46. The number of aryl methyl sites for hydroxylation is 1. The van der Waals surface area contributed by atoms with E-state index < -0.39 is 53.7 Å². The molecule has 1 fully saturated rings. The summed E-state index contributed by atoms with van der Waals surface area (Å²) in [4.78, 5) is 119. The zero-order chi connectivity index (χ0) is 56.1. The van der Waals surface area contributed by atoms with Crippen molar-refractivity contribution < 1.29 is 62.1 Å². The Labute approximate surface area is 443 Å². The van der Waals surface area contributed by atoms with Gasteiger partial charge in [0, 0.05) is 71.6 Å². The maximum absolute atomic E-state index is 14.2. The minimum absolute atomic E-state index is 0.0457. The first kappa shape index (κ1) is 58.7. The summed E-state index contributed by atoms with van der Waals surface area (Å²) in [5, 5.41) is 11.5. The third kappa shape index (κ3) is 16.4. The largest absolute Gasteiger partial charge is 0.462 e. The van der Waals surface area contributed by atoms with Crippen molar-refractivity contribution in [3.05, 3.63) is 159 Å². The second-order valence-corrected chi connectivity index (χ2v) is 20.6. The molecule has 402 valence electrons. The van der Waals surface area contributed by atoms with Gasteiger partial charge in [-0.15, -0.1) is 0 Å². The summed E-state index contributed by atoms with van der Waals surface area (Å²) in [5.74, 6) is -5.67.